The first-order valence-electron chi connectivity index (χ1n) is 8.23. The van der Waals surface area contributed by atoms with E-state index in [1.807, 2.05) is 0 Å². The number of aryl methyl sites for hydroxylation is 2. The molecule has 2 nitrogen and oxygen atoms in total. The molecule has 1 aromatic rings. The summed E-state index contributed by atoms with van der Waals surface area (Å²) in [7, 11) is 0. The molecule has 2 heteroatoms. The van der Waals surface area contributed by atoms with Crippen LogP contribution in [-0.2, 0) is 0 Å². The number of rotatable bonds is 6. The van der Waals surface area contributed by atoms with Crippen LogP contribution in [0.4, 0.5) is 0 Å². The average Bonchev–Trinajstić information content (AvgIpc) is 2.47. The molecular weight excluding hydrogens is 244 g/mol. The summed E-state index contributed by atoms with van der Waals surface area (Å²) in [6.45, 7) is 11.5. The van der Waals surface area contributed by atoms with Gasteiger partial charge in [-0.3, -0.25) is 0 Å². The van der Waals surface area contributed by atoms with Crippen LogP contribution in [0.15, 0.2) is 18.2 Å². The number of piperidine rings is 1. The first-order valence-corrected chi connectivity index (χ1v) is 8.23. The van der Waals surface area contributed by atoms with Crippen molar-refractivity contribution >= 4 is 0 Å². The van der Waals surface area contributed by atoms with Crippen molar-refractivity contribution in [1.82, 2.24) is 10.2 Å². The molecule has 1 atom stereocenters. The minimum Gasteiger partial charge on any atom is -0.309 e. The van der Waals surface area contributed by atoms with Gasteiger partial charge in [-0.2, -0.15) is 0 Å². The third-order valence-corrected chi connectivity index (χ3v) is 4.46. The Labute approximate surface area is 124 Å². The number of hydrogen-bond acceptors (Lipinski definition) is 2. The van der Waals surface area contributed by atoms with E-state index >= 15 is 0 Å². The zero-order chi connectivity index (χ0) is 14.4. The molecule has 1 aromatic carbocycles. The molecule has 0 aromatic heterocycles. The molecule has 1 fully saturated rings. The molecule has 20 heavy (non-hydrogen) atoms. The Morgan fingerprint density at radius 3 is 2.50 bits per heavy atom. The van der Waals surface area contributed by atoms with Gasteiger partial charge in [0.25, 0.3) is 0 Å². The van der Waals surface area contributed by atoms with Crippen LogP contribution in [0.3, 0.4) is 0 Å². The highest BCUT2D eigenvalue weighted by molar-refractivity contribution is 5.32. The van der Waals surface area contributed by atoms with E-state index in [9.17, 15) is 0 Å². The zero-order valence-corrected chi connectivity index (χ0v) is 13.4. The Kier molecular flexibility index (Phi) is 6.06. The standard InChI is InChI=1S/C18H30N2/c1-4-10-19-18(14-20-11-6-5-7-12-20)17-9-8-15(2)16(3)13-17/h8-9,13,18-19H,4-7,10-12,14H2,1-3H3. The van der Waals surface area contributed by atoms with E-state index in [1.54, 1.807) is 0 Å². The molecular formula is C18H30N2. The van der Waals surface area contributed by atoms with Gasteiger partial charge in [0.2, 0.25) is 0 Å². The zero-order valence-electron chi connectivity index (χ0n) is 13.4. The van der Waals surface area contributed by atoms with E-state index in [1.165, 1.54) is 55.5 Å². The largest absolute Gasteiger partial charge is 0.309 e. The lowest BCUT2D eigenvalue weighted by atomic mass is 9.99. The molecule has 112 valence electrons. The Balaban J connectivity index is 2.06. The Hall–Kier alpha value is -0.860. The fourth-order valence-electron chi connectivity index (χ4n) is 2.99. The second-order valence-electron chi connectivity index (χ2n) is 6.21. The quantitative estimate of drug-likeness (QED) is 0.848. The van der Waals surface area contributed by atoms with E-state index in [2.05, 4.69) is 49.2 Å². The van der Waals surface area contributed by atoms with Gasteiger partial charge in [0.15, 0.2) is 0 Å². The second kappa shape index (κ2) is 7.80. The van der Waals surface area contributed by atoms with Gasteiger partial charge >= 0.3 is 0 Å². The van der Waals surface area contributed by atoms with Crippen molar-refractivity contribution in [3.05, 3.63) is 34.9 Å². The van der Waals surface area contributed by atoms with Gasteiger partial charge in [-0.25, -0.2) is 0 Å². The molecule has 1 aliphatic heterocycles. The molecule has 0 radical (unpaired) electrons. The maximum absolute atomic E-state index is 3.74. The topological polar surface area (TPSA) is 15.3 Å². The van der Waals surface area contributed by atoms with Gasteiger partial charge in [-0.1, -0.05) is 31.5 Å². The van der Waals surface area contributed by atoms with Crippen LogP contribution in [0.1, 0.15) is 55.3 Å². The smallest absolute Gasteiger partial charge is 0.0449 e. The highest BCUT2D eigenvalue weighted by Gasteiger charge is 2.17. The first-order chi connectivity index (χ1) is 9.70. The van der Waals surface area contributed by atoms with Crippen LogP contribution in [0.5, 0.6) is 0 Å². The molecule has 1 N–H and O–H groups in total. The van der Waals surface area contributed by atoms with Crippen molar-refractivity contribution in [3.63, 3.8) is 0 Å². The molecule has 0 spiro atoms. The van der Waals surface area contributed by atoms with Crippen LogP contribution in [0, 0.1) is 13.8 Å². The van der Waals surface area contributed by atoms with Crippen LogP contribution >= 0.6 is 0 Å². The Morgan fingerprint density at radius 2 is 1.85 bits per heavy atom. The van der Waals surface area contributed by atoms with Gasteiger partial charge in [0.1, 0.15) is 0 Å². The van der Waals surface area contributed by atoms with Crippen LogP contribution in [-0.4, -0.2) is 31.1 Å². The summed E-state index contributed by atoms with van der Waals surface area (Å²) in [6.07, 6.45) is 5.34. The number of nitrogens with zero attached hydrogens (tertiary/aromatic N) is 1. The van der Waals surface area contributed by atoms with E-state index in [0.717, 1.165) is 13.1 Å². The van der Waals surface area contributed by atoms with Crippen molar-refractivity contribution in [2.24, 2.45) is 0 Å². The predicted octanol–water partition coefficient (Wildman–Crippen LogP) is 3.83. The van der Waals surface area contributed by atoms with Crippen LogP contribution < -0.4 is 5.32 Å². The van der Waals surface area contributed by atoms with E-state index in [4.69, 9.17) is 0 Å². The molecule has 0 amide bonds. The van der Waals surface area contributed by atoms with Gasteiger partial charge in [0, 0.05) is 12.6 Å². The van der Waals surface area contributed by atoms with Crippen LogP contribution in [0.2, 0.25) is 0 Å². The normalized spacial score (nSPS) is 18.1. The summed E-state index contributed by atoms with van der Waals surface area (Å²) in [4.78, 5) is 2.63. The summed E-state index contributed by atoms with van der Waals surface area (Å²) in [5.41, 5.74) is 4.25. The second-order valence-corrected chi connectivity index (χ2v) is 6.21. The summed E-state index contributed by atoms with van der Waals surface area (Å²) in [5, 5.41) is 3.74. The molecule has 1 aliphatic rings. The fourth-order valence-corrected chi connectivity index (χ4v) is 2.99. The minimum absolute atomic E-state index is 0.479. The number of benzene rings is 1. The molecule has 1 heterocycles. The summed E-state index contributed by atoms with van der Waals surface area (Å²) in [6, 6.07) is 7.42. The lowest BCUT2D eigenvalue weighted by molar-refractivity contribution is 0.205. The third-order valence-electron chi connectivity index (χ3n) is 4.46. The average molecular weight is 274 g/mol. The highest BCUT2D eigenvalue weighted by Crippen LogP contribution is 2.20. The molecule has 1 saturated heterocycles. The number of hydrogen-bond donors (Lipinski definition) is 1. The van der Waals surface area contributed by atoms with Crippen molar-refractivity contribution in [2.45, 2.75) is 52.5 Å². The van der Waals surface area contributed by atoms with Gasteiger partial charge in [-0.05, 0) is 69.4 Å². The molecule has 0 bridgehead atoms. The summed E-state index contributed by atoms with van der Waals surface area (Å²) < 4.78 is 0. The SMILES string of the molecule is CCCNC(CN1CCCCC1)c1ccc(C)c(C)c1. The highest BCUT2D eigenvalue weighted by atomic mass is 15.2. The predicted molar refractivity (Wildman–Crippen MR) is 87.2 cm³/mol. The maximum Gasteiger partial charge on any atom is 0.0449 e. The van der Waals surface area contributed by atoms with Crippen molar-refractivity contribution in [2.75, 3.05) is 26.2 Å². The molecule has 0 saturated carbocycles. The summed E-state index contributed by atoms with van der Waals surface area (Å²) >= 11 is 0. The van der Waals surface area contributed by atoms with E-state index < -0.39 is 0 Å². The molecule has 1 unspecified atom stereocenters. The lowest BCUT2D eigenvalue weighted by Crippen LogP contribution is -2.38. The lowest BCUT2D eigenvalue weighted by Gasteiger charge is -2.31. The molecule has 2 rings (SSSR count). The van der Waals surface area contributed by atoms with Crippen molar-refractivity contribution in [3.8, 4) is 0 Å². The number of nitrogens with one attached hydrogen (secondary N) is 1. The number of likely N-dealkylation sites (tertiary alicyclic amines) is 1. The monoisotopic (exact) mass is 274 g/mol. The van der Waals surface area contributed by atoms with E-state index in [-0.39, 0.29) is 0 Å². The third kappa shape index (κ3) is 4.32. The van der Waals surface area contributed by atoms with E-state index in [0.29, 0.717) is 6.04 Å². The van der Waals surface area contributed by atoms with Gasteiger partial charge in [0.05, 0.1) is 0 Å². The van der Waals surface area contributed by atoms with Crippen LogP contribution in [0.25, 0.3) is 0 Å². The van der Waals surface area contributed by atoms with Crippen molar-refractivity contribution < 1.29 is 0 Å². The Bertz CT molecular complexity index is 408. The minimum atomic E-state index is 0.479. The maximum atomic E-state index is 3.74. The first kappa shape index (κ1) is 15.5. The summed E-state index contributed by atoms with van der Waals surface area (Å²) in [5.74, 6) is 0. The fraction of sp³-hybridized carbons (Fsp3) is 0.667. The Morgan fingerprint density at radius 1 is 1.10 bits per heavy atom. The van der Waals surface area contributed by atoms with Gasteiger partial charge in [-0.15, -0.1) is 0 Å². The van der Waals surface area contributed by atoms with Gasteiger partial charge < -0.3 is 10.2 Å². The van der Waals surface area contributed by atoms with Crippen molar-refractivity contribution in [1.29, 1.82) is 0 Å². The molecule has 0 aliphatic carbocycles.